The van der Waals surface area contributed by atoms with E-state index in [1.807, 2.05) is 85.4 Å². The van der Waals surface area contributed by atoms with E-state index in [0.717, 1.165) is 39.1 Å². The number of benzene rings is 3. The molecule has 1 N–H and O–H groups in total. The Morgan fingerprint density at radius 1 is 0.861 bits per heavy atom. The average Bonchev–Trinajstić information content (AvgIpc) is 3.29. The SMILES string of the molecule is Cc1c(-c2cc(C(=O)NC(C)c3ccccc3)c3ccccc3n2)cnn1-c1ccc(C(C)C)cc1. The van der Waals surface area contributed by atoms with Crippen molar-refractivity contribution in [2.75, 3.05) is 0 Å². The molecule has 2 aromatic heterocycles. The van der Waals surface area contributed by atoms with Crippen LogP contribution >= 0.6 is 0 Å². The molecule has 36 heavy (non-hydrogen) atoms. The fourth-order valence-corrected chi connectivity index (χ4v) is 4.52. The van der Waals surface area contributed by atoms with Gasteiger partial charge in [-0.25, -0.2) is 9.67 Å². The lowest BCUT2D eigenvalue weighted by Crippen LogP contribution is -2.27. The molecule has 5 nitrogen and oxygen atoms in total. The lowest BCUT2D eigenvalue weighted by atomic mass is 10.0. The number of aromatic nitrogens is 3. The second-order valence-corrected chi connectivity index (χ2v) is 9.48. The van der Waals surface area contributed by atoms with Crippen LogP contribution in [-0.4, -0.2) is 20.7 Å². The molecule has 0 bridgehead atoms. The first-order valence-corrected chi connectivity index (χ1v) is 12.3. The summed E-state index contributed by atoms with van der Waals surface area (Å²) in [5.41, 5.74) is 7.34. The Bertz CT molecular complexity index is 1520. The predicted molar refractivity (Wildman–Crippen MR) is 145 cm³/mol. The molecular formula is C31H30N4O. The van der Waals surface area contributed by atoms with Crippen LogP contribution in [0.25, 0.3) is 27.8 Å². The Morgan fingerprint density at radius 3 is 2.28 bits per heavy atom. The van der Waals surface area contributed by atoms with Crippen molar-refractivity contribution in [1.82, 2.24) is 20.1 Å². The Balaban J connectivity index is 1.53. The van der Waals surface area contributed by atoms with Crippen LogP contribution in [-0.2, 0) is 0 Å². The summed E-state index contributed by atoms with van der Waals surface area (Å²) in [6, 6.07) is 28.0. The summed E-state index contributed by atoms with van der Waals surface area (Å²) in [4.78, 5) is 18.4. The topological polar surface area (TPSA) is 59.8 Å². The molecule has 0 fully saturated rings. The first-order chi connectivity index (χ1) is 17.4. The number of rotatable bonds is 6. The maximum absolute atomic E-state index is 13.5. The highest BCUT2D eigenvalue weighted by Crippen LogP contribution is 2.29. The van der Waals surface area contributed by atoms with Gasteiger partial charge in [-0.3, -0.25) is 4.79 Å². The number of amides is 1. The highest BCUT2D eigenvalue weighted by atomic mass is 16.1. The Morgan fingerprint density at radius 2 is 1.56 bits per heavy atom. The normalized spacial score (nSPS) is 12.1. The van der Waals surface area contributed by atoms with Gasteiger partial charge in [0.1, 0.15) is 0 Å². The van der Waals surface area contributed by atoms with Gasteiger partial charge in [-0.05, 0) is 55.2 Å². The summed E-state index contributed by atoms with van der Waals surface area (Å²) in [6.45, 7) is 8.40. The van der Waals surface area contributed by atoms with Crippen LogP contribution in [0.1, 0.15) is 59.9 Å². The van der Waals surface area contributed by atoms with Crippen molar-refractivity contribution >= 4 is 16.8 Å². The van der Waals surface area contributed by atoms with Gasteiger partial charge in [-0.15, -0.1) is 0 Å². The number of nitrogens with one attached hydrogen (secondary N) is 1. The fraction of sp³-hybridized carbons (Fsp3) is 0.194. The van der Waals surface area contributed by atoms with E-state index in [0.29, 0.717) is 11.5 Å². The van der Waals surface area contributed by atoms with Gasteiger partial charge < -0.3 is 5.32 Å². The van der Waals surface area contributed by atoms with Crippen LogP contribution in [0.5, 0.6) is 0 Å². The molecule has 0 aliphatic carbocycles. The standard InChI is InChI=1S/C31H30N4O/c1-20(2)23-14-16-25(17-15-23)35-22(4)28(19-32-35)30-18-27(26-12-8-9-13-29(26)34-30)31(36)33-21(3)24-10-6-5-7-11-24/h5-21H,1-4H3,(H,33,36). The molecule has 3 aromatic carbocycles. The number of carbonyl (C=O) groups is 1. The van der Waals surface area contributed by atoms with E-state index in [4.69, 9.17) is 4.98 Å². The van der Waals surface area contributed by atoms with Crippen LogP contribution in [0.2, 0.25) is 0 Å². The van der Waals surface area contributed by atoms with Gasteiger partial charge in [0.15, 0.2) is 0 Å². The van der Waals surface area contributed by atoms with Crippen LogP contribution in [0, 0.1) is 6.92 Å². The van der Waals surface area contributed by atoms with E-state index >= 15 is 0 Å². The zero-order valence-electron chi connectivity index (χ0n) is 21.1. The number of carbonyl (C=O) groups excluding carboxylic acids is 1. The summed E-state index contributed by atoms with van der Waals surface area (Å²) in [6.07, 6.45) is 1.83. The molecule has 0 aliphatic rings. The average molecular weight is 475 g/mol. The quantitative estimate of drug-likeness (QED) is 0.288. The summed E-state index contributed by atoms with van der Waals surface area (Å²) in [5, 5.41) is 8.64. The molecule has 0 spiro atoms. The number of fused-ring (bicyclic) bond motifs is 1. The molecule has 5 rings (SSSR count). The molecule has 0 radical (unpaired) electrons. The molecule has 2 heterocycles. The molecule has 0 saturated heterocycles. The maximum atomic E-state index is 13.5. The summed E-state index contributed by atoms with van der Waals surface area (Å²) in [5.74, 6) is 0.352. The minimum absolute atomic E-state index is 0.118. The van der Waals surface area contributed by atoms with Gasteiger partial charge >= 0.3 is 0 Å². The van der Waals surface area contributed by atoms with Crippen molar-refractivity contribution < 1.29 is 4.79 Å². The first-order valence-electron chi connectivity index (χ1n) is 12.3. The molecule has 1 amide bonds. The van der Waals surface area contributed by atoms with Crippen molar-refractivity contribution in [1.29, 1.82) is 0 Å². The lowest BCUT2D eigenvalue weighted by molar-refractivity contribution is 0.0941. The molecule has 180 valence electrons. The van der Waals surface area contributed by atoms with Crippen LogP contribution < -0.4 is 5.32 Å². The van der Waals surface area contributed by atoms with E-state index in [1.165, 1.54) is 5.56 Å². The highest BCUT2D eigenvalue weighted by Gasteiger charge is 2.19. The van der Waals surface area contributed by atoms with E-state index in [9.17, 15) is 4.79 Å². The highest BCUT2D eigenvalue weighted by molar-refractivity contribution is 6.07. The smallest absolute Gasteiger partial charge is 0.252 e. The molecule has 1 atom stereocenters. The third-order valence-corrected chi connectivity index (χ3v) is 6.70. The van der Waals surface area contributed by atoms with Gasteiger partial charge in [0.25, 0.3) is 5.91 Å². The van der Waals surface area contributed by atoms with Crippen molar-refractivity contribution in [2.45, 2.75) is 39.7 Å². The van der Waals surface area contributed by atoms with E-state index in [-0.39, 0.29) is 11.9 Å². The van der Waals surface area contributed by atoms with Crippen LogP contribution in [0.4, 0.5) is 0 Å². The molecular weight excluding hydrogens is 444 g/mol. The first kappa shape index (κ1) is 23.5. The van der Waals surface area contributed by atoms with Crippen LogP contribution in [0.15, 0.2) is 91.1 Å². The summed E-state index contributed by atoms with van der Waals surface area (Å²) >= 11 is 0. The number of hydrogen-bond donors (Lipinski definition) is 1. The van der Waals surface area contributed by atoms with Crippen LogP contribution in [0.3, 0.4) is 0 Å². The summed E-state index contributed by atoms with van der Waals surface area (Å²) in [7, 11) is 0. The third-order valence-electron chi connectivity index (χ3n) is 6.70. The van der Waals surface area contributed by atoms with Crippen molar-refractivity contribution in [3.8, 4) is 16.9 Å². The number of hydrogen-bond acceptors (Lipinski definition) is 3. The Kier molecular flexibility index (Phi) is 6.38. The van der Waals surface area contributed by atoms with Crippen molar-refractivity contribution in [2.24, 2.45) is 0 Å². The fourth-order valence-electron chi connectivity index (χ4n) is 4.52. The second kappa shape index (κ2) is 9.78. The van der Waals surface area contributed by atoms with Crippen molar-refractivity contribution in [3.05, 3.63) is 114 Å². The monoisotopic (exact) mass is 474 g/mol. The third kappa shape index (κ3) is 4.52. The van der Waals surface area contributed by atoms with Gasteiger partial charge in [-0.2, -0.15) is 5.10 Å². The maximum Gasteiger partial charge on any atom is 0.252 e. The second-order valence-electron chi connectivity index (χ2n) is 9.48. The van der Waals surface area contributed by atoms with Gasteiger partial charge in [-0.1, -0.05) is 74.5 Å². The number of nitrogens with zero attached hydrogens (tertiary/aromatic N) is 3. The van der Waals surface area contributed by atoms with E-state index < -0.39 is 0 Å². The molecule has 0 saturated carbocycles. The van der Waals surface area contributed by atoms with E-state index in [1.54, 1.807) is 0 Å². The van der Waals surface area contributed by atoms with Crippen molar-refractivity contribution in [3.63, 3.8) is 0 Å². The Hall–Kier alpha value is -4.25. The number of pyridine rings is 1. The van der Waals surface area contributed by atoms with Gasteiger partial charge in [0, 0.05) is 10.9 Å². The molecule has 5 heteroatoms. The molecule has 5 aromatic rings. The predicted octanol–water partition coefficient (Wildman–Crippen LogP) is 7.01. The Labute approximate surface area is 211 Å². The summed E-state index contributed by atoms with van der Waals surface area (Å²) < 4.78 is 1.92. The van der Waals surface area contributed by atoms with E-state index in [2.05, 4.69) is 48.5 Å². The largest absolute Gasteiger partial charge is 0.345 e. The molecule has 0 aliphatic heterocycles. The zero-order valence-corrected chi connectivity index (χ0v) is 21.1. The molecule has 1 unspecified atom stereocenters. The minimum atomic E-state index is -0.125. The van der Waals surface area contributed by atoms with Gasteiger partial charge in [0.05, 0.1) is 40.4 Å². The lowest BCUT2D eigenvalue weighted by Gasteiger charge is -2.16. The van der Waals surface area contributed by atoms with Gasteiger partial charge in [0.2, 0.25) is 0 Å². The minimum Gasteiger partial charge on any atom is -0.345 e. The number of para-hydroxylation sites is 1. The zero-order chi connectivity index (χ0) is 25.2.